The van der Waals surface area contributed by atoms with E-state index in [-0.39, 0.29) is 45.7 Å². The van der Waals surface area contributed by atoms with Crippen LogP contribution in [0, 0.1) is 0 Å². The quantitative estimate of drug-likeness (QED) is 0.250. The number of nitrogens with one attached hydrogen (secondary N) is 2. The van der Waals surface area contributed by atoms with Crippen molar-refractivity contribution in [3.8, 4) is 11.5 Å². The third kappa shape index (κ3) is 6.07. The van der Waals surface area contributed by atoms with Crippen LogP contribution in [0.3, 0.4) is 0 Å². The monoisotopic (exact) mass is 589 g/mol. The van der Waals surface area contributed by atoms with Gasteiger partial charge in [0.05, 0.1) is 24.2 Å². The normalized spacial score (nSPS) is 16.3. The zero-order valence-electron chi connectivity index (χ0n) is 22.3. The summed E-state index contributed by atoms with van der Waals surface area (Å²) in [5, 5.41) is 5.98. The Balaban J connectivity index is 1.44. The minimum absolute atomic E-state index is 0.111. The van der Waals surface area contributed by atoms with Gasteiger partial charge in [-0.25, -0.2) is 15.0 Å². The Morgan fingerprint density at radius 3 is 2.59 bits per heavy atom. The largest absolute Gasteiger partial charge is 0.489 e. The second-order valence-electron chi connectivity index (χ2n) is 9.43. The van der Waals surface area contributed by atoms with E-state index >= 15 is 0 Å². The van der Waals surface area contributed by atoms with Crippen molar-refractivity contribution in [2.45, 2.75) is 18.7 Å². The number of halogens is 4. The molecule has 11 nitrogen and oxygen atoms in total. The third-order valence-corrected chi connectivity index (χ3v) is 6.84. The smallest absolute Gasteiger partial charge is 0.416 e. The van der Waals surface area contributed by atoms with E-state index in [1.807, 2.05) is 7.05 Å². The summed E-state index contributed by atoms with van der Waals surface area (Å²) in [6, 6.07) is 3.50. The number of aryl methyl sites for hydroxylation is 1. The number of likely N-dealkylation sites (tertiary alicyclic amines) is 1. The molecule has 0 bridgehead atoms. The summed E-state index contributed by atoms with van der Waals surface area (Å²) in [5.74, 6) is 1.24. The molecule has 1 fully saturated rings. The Hall–Kier alpha value is -4.30. The lowest BCUT2D eigenvalue weighted by molar-refractivity contribution is -0.137. The van der Waals surface area contributed by atoms with Gasteiger partial charge in [-0.3, -0.25) is 0 Å². The molecule has 3 aromatic heterocycles. The first kappa shape index (κ1) is 28.2. The molecule has 4 aromatic rings. The van der Waals surface area contributed by atoms with Crippen molar-refractivity contribution in [2.24, 2.45) is 12.8 Å². The second-order valence-corrected chi connectivity index (χ2v) is 9.81. The van der Waals surface area contributed by atoms with Gasteiger partial charge >= 0.3 is 6.18 Å². The molecule has 0 amide bonds. The van der Waals surface area contributed by atoms with Gasteiger partial charge in [0, 0.05) is 45.1 Å². The first-order valence-corrected chi connectivity index (χ1v) is 12.9. The first-order valence-electron chi connectivity index (χ1n) is 12.5. The van der Waals surface area contributed by atoms with Crippen LogP contribution in [0.5, 0.6) is 11.5 Å². The van der Waals surface area contributed by atoms with Crippen LogP contribution in [0.2, 0.25) is 5.02 Å². The number of imidazole rings is 1. The lowest BCUT2D eigenvalue weighted by Crippen LogP contribution is -2.21. The Kier molecular flexibility index (Phi) is 7.78. The maximum atomic E-state index is 13.7. The highest BCUT2D eigenvalue weighted by Crippen LogP contribution is 2.38. The number of rotatable bonds is 8. The SMILES string of the molecule is CNc1cnc(/C(=C\N)Oc2cnc3nc(Nc4cc(O[C@H]5CCN(C)C5)cc(C(F)(F)F)c4)n(C)c3c2Cl)cn1. The van der Waals surface area contributed by atoms with E-state index in [1.165, 1.54) is 30.9 Å². The molecule has 4 N–H and O–H groups in total. The van der Waals surface area contributed by atoms with Crippen LogP contribution in [-0.2, 0) is 13.2 Å². The number of ether oxygens (including phenoxy) is 2. The second kappa shape index (κ2) is 11.3. The molecule has 0 radical (unpaired) electrons. The lowest BCUT2D eigenvalue weighted by Gasteiger charge is -2.17. The molecule has 1 aliphatic rings. The molecule has 5 rings (SSSR count). The molecule has 15 heteroatoms. The number of hydrogen-bond donors (Lipinski definition) is 3. The fourth-order valence-corrected chi connectivity index (χ4v) is 4.68. The maximum absolute atomic E-state index is 13.7. The van der Waals surface area contributed by atoms with Gasteiger partial charge < -0.3 is 35.3 Å². The topological polar surface area (TPSA) is 128 Å². The molecule has 0 spiro atoms. The fraction of sp³-hybridized carbons (Fsp3) is 0.308. The van der Waals surface area contributed by atoms with Crippen molar-refractivity contribution >= 4 is 46.0 Å². The molecule has 4 heterocycles. The number of pyridine rings is 1. The minimum Gasteiger partial charge on any atom is -0.489 e. The minimum atomic E-state index is -4.57. The predicted molar refractivity (Wildman–Crippen MR) is 149 cm³/mol. The van der Waals surface area contributed by atoms with E-state index < -0.39 is 11.7 Å². The number of likely N-dealkylation sites (N-methyl/N-ethyl adjacent to an activating group) is 1. The van der Waals surface area contributed by atoms with E-state index in [1.54, 1.807) is 18.7 Å². The Morgan fingerprint density at radius 2 is 1.95 bits per heavy atom. The summed E-state index contributed by atoms with van der Waals surface area (Å²) in [6.45, 7) is 1.44. The van der Waals surface area contributed by atoms with E-state index in [4.69, 9.17) is 26.8 Å². The molecule has 1 aliphatic heterocycles. The van der Waals surface area contributed by atoms with Crippen molar-refractivity contribution in [1.29, 1.82) is 0 Å². The standard InChI is InChI=1S/C26H27ClF3N9O2/c1-32-21-12-33-18(10-34-21)19(9-31)41-20-11-35-24-23(22(20)27)39(3)25(37-24)36-15-6-14(26(28,29)30)7-17(8-15)40-16-4-5-38(2)13-16/h6-12,16H,4-5,13,31H2,1-3H3,(H,32,34)(H,35,36,37)/b19-9+/t16-/m0/s1. The number of anilines is 3. The number of nitrogens with zero attached hydrogens (tertiary/aromatic N) is 6. The van der Waals surface area contributed by atoms with Crippen LogP contribution in [0.25, 0.3) is 16.9 Å². The molecule has 1 atom stereocenters. The molecule has 0 unspecified atom stereocenters. The van der Waals surface area contributed by atoms with Gasteiger partial charge in [0.2, 0.25) is 5.95 Å². The molecular weight excluding hydrogens is 563 g/mol. The number of nitrogens with two attached hydrogens (primary N) is 1. The average molecular weight is 590 g/mol. The number of fused-ring (bicyclic) bond motifs is 1. The van der Waals surface area contributed by atoms with Gasteiger partial charge in [0.1, 0.15) is 33.9 Å². The molecule has 0 aliphatic carbocycles. The van der Waals surface area contributed by atoms with E-state index in [2.05, 4.69) is 35.5 Å². The summed E-state index contributed by atoms with van der Waals surface area (Å²) < 4.78 is 54.5. The number of aromatic nitrogens is 5. The van der Waals surface area contributed by atoms with Gasteiger partial charge in [-0.15, -0.1) is 0 Å². The van der Waals surface area contributed by atoms with Crippen molar-refractivity contribution in [2.75, 3.05) is 37.8 Å². The molecule has 216 valence electrons. The van der Waals surface area contributed by atoms with E-state index in [9.17, 15) is 13.2 Å². The lowest BCUT2D eigenvalue weighted by atomic mass is 10.1. The van der Waals surface area contributed by atoms with E-state index in [0.29, 0.717) is 23.6 Å². The fourth-order valence-electron chi connectivity index (χ4n) is 4.39. The zero-order chi connectivity index (χ0) is 29.3. The summed E-state index contributed by atoms with van der Waals surface area (Å²) in [6.07, 6.45) is 1.54. The van der Waals surface area contributed by atoms with E-state index in [0.717, 1.165) is 25.1 Å². The summed E-state index contributed by atoms with van der Waals surface area (Å²) >= 11 is 6.68. The number of benzene rings is 1. The number of alkyl halides is 3. The summed E-state index contributed by atoms with van der Waals surface area (Å²) in [7, 11) is 5.30. The van der Waals surface area contributed by atoms with Gasteiger partial charge in [-0.2, -0.15) is 18.2 Å². The molecule has 1 aromatic carbocycles. The van der Waals surface area contributed by atoms with Gasteiger partial charge in [-0.05, 0) is 25.6 Å². The molecule has 1 saturated heterocycles. The van der Waals surface area contributed by atoms with Gasteiger partial charge in [0.15, 0.2) is 17.2 Å². The van der Waals surface area contributed by atoms with Gasteiger partial charge in [0.25, 0.3) is 0 Å². The van der Waals surface area contributed by atoms with Crippen LogP contribution in [0.15, 0.2) is 43.0 Å². The zero-order valence-corrected chi connectivity index (χ0v) is 23.1. The third-order valence-electron chi connectivity index (χ3n) is 6.48. The highest BCUT2D eigenvalue weighted by molar-refractivity contribution is 6.36. The highest BCUT2D eigenvalue weighted by atomic mass is 35.5. The Labute approximate surface area is 238 Å². The maximum Gasteiger partial charge on any atom is 0.416 e. The Morgan fingerprint density at radius 1 is 1.15 bits per heavy atom. The van der Waals surface area contributed by atoms with Crippen LogP contribution < -0.4 is 25.8 Å². The van der Waals surface area contributed by atoms with Crippen molar-refractivity contribution < 1.29 is 22.6 Å². The molecule has 0 saturated carbocycles. The van der Waals surface area contributed by atoms with Gasteiger partial charge in [-0.1, -0.05) is 11.6 Å². The molecule has 41 heavy (non-hydrogen) atoms. The van der Waals surface area contributed by atoms with Crippen LogP contribution in [0.4, 0.5) is 30.6 Å². The van der Waals surface area contributed by atoms with Crippen molar-refractivity contribution in [1.82, 2.24) is 29.4 Å². The first-order chi connectivity index (χ1) is 19.5. The van der Waals surface area contributed by atoms with Crippen molar-refractivity contribution in [3.05, 3.63) is 59.3 Å². The van der Waals surface area contributed by atoms with Crippen molar-refractivity contribution in [3.63, 3.8) is 0 Å². The average Bonchev–Trinajstić information content (AvgIpc) is 3.49. The van der Waals surface area contributed by atoms with Crippen LogP contribution in [0.1, 0.15) is 17.7 Å². The Bertz CT molecular complexity index is 1590. The predicted octanol–water partition coefficient (Wildman–Crippen LogP) is 4.63. The summed E-state index contributed by atoms with van der Waals surface area (Å²) in [4.78, 5) is 19.3. The van der Waals surface area contributed by atoms with Crippen LogP contribution in [-0.4, -0.2) is 62.7 Å². The molecular formula is C26H27ClF3N9O2. The summed E-state index contributed by atoms with van der Waals surface area (Å²) in [5.41, 5.74) is 6.06. The number of hydrogen-bond acceptors (Lipinski definition) is 10. The highest BCUT2D eigenvalue weighted by Gasteiger charge is 2.32. The van der Waals surface area contributed by atoms with Crippen LogP contribution >= 0.6 is 11.6 Å².